The van der Waals surface area contributed by atoms with Crippen molar-refractivity contribution in [3.8, 4) is 0 Å². The summed E-state index contributed by atoms with van der Waals surface area (Å²) in [7, 11) is 0. The van der Waals surface area contributed by atoms with E-state index in [1.165, 1.54) is 11.1 Å². The summed E-state index contributed by atoms with van der Waals surface area (Å²) in [5.74, 6) is 0. The zero-order valence-electron chi connectivity index (χ0n) is 11.9. The second kappa shape index (κ2) is 8.39. The van der Waals surface area contributed by atoms with Crippen molar-refractivity contribution in [1.82, 2.24) is 14.7 Å². The zero-order valence-corrected chi connectivity index (χ0v) is 13.5. The third-order valence-corrected chi connectivity index (χ3v) is 3.71. The highest BCUT2D eigenvalue weighted by molar-refractivity contribution is 5.85. The molecular formula is C15H22Cl2N4. The molecule has 0 aliphatic carbocycles. The lowest BCUT2D eigenvalue weighted by Gasteiger charge is -2.18. The summed E-state index contributed by atoms with van der Waals surface area (Å²) in [6, 6.07) is 10.9. The first-order valence-corrected chi connectivity index (χ1v) is 6.83. The van der Waals surface area contributed by atoms with E-state index in [9.17, 15) is 0 Å². The normalized spacial score (nSPS) is 18.0. The van der Waals surface area contributed by atoms with E-state index in [0.717, 1.165) is 32.6 Å². The van der Waals surface area contributed by atoms with E-state index in [2.05, 4.69) is 34.3 Å². The van der Waals surface area contributed by atoms with Crippen LogP contribution in [0.3, 0.4) is 0 Å². The number of likely N-dealkylation sites (tertiary alicyclic amines) is 1. The quantitative estimate of drug-likeness (QED) is 0.936. The van der Waals surface area contributed by atoms with Crippen molar-refractivity contribution in [2.24, 2.45) is 5.73 Å². The first-order valence-electron chi connectivity index (χ1n) is 6.83. The number of rotatable bonds is 4. The number of nitrogens with zero attached hydrogens (tertiary/aromatic N) is 3. The van der Waals surface area contributed by atoms with Crippen molar-refractivity contribution < 1.29 is 0 Å². The summed E-state index contributed by atoms with van der Waals surface area (Å²) in [4.78, 5) is 2.44. The van der Waals surface area contributed by atoms with Gasteiger partial charge in [0, 0.05) is 38.1 Å². The van der Waals surface area contributed by atoms with Crippen molar-refractivity contribution in [1.29, 1.82) is 0 Å². The predicted octanol–water partition coefficient (Wildman–Crippen LogP) is 2.31. The molecular weight excluding hydrogens is 307 g/mol. The van der Waals surface area contributed by atoms with Crippen molar-refractivity contribution in [3.63, 3.8) is 0 Å². The molecule has 0 spiro atoms. The molecule has 2 N–H and O–H groups in total. The average Bonchev–Trinajstić information content (AvgIpc) is 3.04. The molecule has 3 rings (SSSR count). The van der Waals surface area contributed by atoms with Crippen molar-refractivity contribution >= 4 is 24.8 Å². The van der Waals surface area contributed by atoms with Gasteiger partial charge >= 0.3 is 0 Å². The summed E-state index contributed by atoms with van der Waals surface area (Å²) in [5, 5.41) is 4.28. The summed E-state index contributed by atoms with van der Waals surface area (Å²) in [6.45, 7) is 3.95. The zero-order chi connectivity index (χ0) is 13.1. The van der Waals surface area contributed by atoms with E-state index in [1.807, 2.05) is 23.1 Å². The van der Waals surface area contributed by atoms with Gasteiger partial charge in [0.25, 0.3) is 0 Å². The molecule has 1 aliphatic rings. The van der Waals surface area contributed by atoms with E-state index in [0.29, 0.717) is 6.04 Å². The van der Waals surface area contributed by atoms with Crippen LogP contribution in [0.5, 0.6) is 0 Å². The van der Waals surface area contributed by atoms with Gasteiger partial charge < -0.3 is 5.73 Å². The largest absolute Gasteiger partial charge is 0.326 e. The summed E-state index contributed by atoms with van der Waals surface area (Å²) in [6.07, 6.45) is 4.94. The van der Waals surface area contributed by atoms with Crippen molar-refractivity contribution in [2.75, 3.05) is 13.1 Å². The Balaban J connectivity index is 0.00000110. The number of aromatic nitrogens is 2. The van der Waals surface area contributed by atoms with Crippen LogP contribution in [0.2, 0.25) is 0 Å². The number of nitrogens with two attached hydrogens (primary N) is 1. The minimum absolute atomic E-state index is 0. The molecule has 1 aromatic heterocycles. The van der Waals surface area contributed by atoms with Gasteiger partial charge in [-0.25, -0.2) is 0 Å². The van der Waals surface area contributed by atoms with Crippen LogP contribution in [0.15, 0.2) is 42.7 Å². The minimum atomic E-state index is 0. The summed E-state index contributed by atoms with van der Waals surface area (Å²) in [5.41, 5.74) is 8.69. The van der Waals surface area contributed by atoms with Gasteiger partial charge in [0.1, 0.15) is 0 Å². The fourth-order valence-electron chi connectivity index (χ4n) is 2.68. The molecule has 1 aromatic carbocycles. The SMILES string of the molecule is Cl.Cl.NC1CCN(Cc2ccccc2Cn2cccn2)C1. The lowest BCUT2D eigenvalue weighted by molar-refractivity contribution is 0.325. The Morgan fingerprint density at radius 1 is 1.10 bits per heavy atom. The molecule has 21 heavy (non-hydrogen) atoms. The molecule has 2 aromatic rings. The average molecular weight is 329 g/mol. The van der Waals surface area contributed by atoms with Crippen LogP contribution in [-0.4, -0.2) is 33.8 Å². The van der Waals surface area contributed by atoms with Crippen LogP contribution in [0.25, 0.3) is 0 Å². The topological polar surface area (TPSA) is 47.1 Å². The molecule has 1 saturated heterocycles. The minimum Gasteiger partial charge on any atom is -0.326 e. The van der Waals surface area contributed by atoms with E-state index < -0.39 is 0 Å². The fourth-order valence-corrected chi connectivity index (χ4v) is 2.68. The maximum atomic E-state index is 5.97. The fraction of sp³-hybridized carbons (Fsp3) is 0.400. The first kappa shape index (κ1) is 18.0. The van der Waals surface area contributed by atoms with E-state index in [1.54, 1.807) is 0 Å². The van der Waals surface area contributed by atoms with Crippen molar-refractivity contribution in [3.05, 3.63) is 53.9 Å². The maximum Gasteiger partial charge on any atom is 0.0662 e. The van der Waals surface area contributed by atoms with Crippen LogP contribution < -0.4 is 5.73 Å². The molecule has 0 bridgehead atoms. The Kier molecular flexibility index (Phi) is 7.18. The summed E-state index contributed by atoms with van der Waals surface area (Å²) < 4.78 is 1.97. The van der Waals surface area contributed by atoms with Crippen LogP contribution in [0, 0.1) is 0 Å². The smallest absolute Gasteiger partial charge is 0.0662 e. The van der Waals surface area contributed by atoms with Gasteiger partial charge in [-0.1, -0.05) is 24.3 Å². The first-order chi connectivity index (χ1) is 9.31. The number of halogens is 2. The van der Waals surface area contributed by atoms with E-state index >= 15 is 0 Å². The Bertz CT molecular complexity index is 530. The number of hydrogen-bond acceptors (Lipinski definition) is 3. The molecule has 0 saturated carbocycles. The molecule has 0 radical (unpaired) electrons. The lowest BCUT2D eigenvalue weighted by Crippen LogP contribution is -2.26. The second-order valence-electron chi connectivity index (χ2n) is 5.26. The molecule has 4 nitrogen and oxygen atoms in total. The molecule has 1 unspecified atom stereocenters. The van der Waals surface area contributed by atoms with E-state index in [4.69, 9.17) is 5.73 Å². The standard InChI is InChI=1S/C15H20N4.2ClH/c16-15-6-9-18(12-15)10-13-4-1-2-5-14(13)11-19-8-3-7-17-19;;/h1-5,7-8,15H,6,9-12,16H2;2*1H. The molecule has 116 valence electrons. The van der Waals surface area contributed by atoms with Crippen LogP contribution in [0.4, 0.5) is 0 Å². The Hall–Kier alpha value is -1.07. The Morgan fingerprint density at radius 2 is 1.81 bits per heavy atom. The number of hydrogen-bond donors (Lipinski definition) is 1. The highest BCUT2D eigenvalue weighted by Crippen LogP contribution is 2.16. The third kappa shape index (κ3) is 4.71. The van der Waals surface area contributed by atoms with Gasteiger partial charge in [0.15, 0.2) is 0 Å². The van der Waals surface area contributed by atoms with E-state index in [-0.39, 0.29) is 24.8 Å². The van der Waals surface area contributed by atoms with Crippen LogP contribution in [-0.2, 0) is 13.1 Å². The van der Waals surface area contributed by atoms with Gasteiger partial charge in [-0.3, -0.25) is 9.58 Å². The molecule has 1 aliphatic heterocycles. The Labute approximate surface area is 138 Å². The van der Waals surface area contributed by atoms with Gasteiger partial charge in [0.2, 0.25) is 0 Å². The molecule has 6 heteroatoms. The van der Waals surface area contributed by atoms with Crippen LogP contribution in [0.1, 0.15) is 17.5 Å². The van der Waals surface area contributed by atoms with Crippen LogP contribution >= 0.6 is 24.8 Å². The Morgan fingerprint density at radius 3 is 2.38 bits per heavy atom. The van der Waals surface area contributed by atoms with Gasteiger partial charge in [0.05, 0.1) is 6.54 Å². The molecule has 1 fully saturated rings. The number of benzene rings is 1. The van der Waals surface area contributed by atoms with Gasteiger partial charge in [-0.05, 0) is 23.6 Å². The lowest BCUT2D eigenvalue weighted by atomic mass is 10.1. The predicted molar refractivity (Wildman–Crippen MR) is 90.1 cm³/mol. The molecule has 2 heterocycles. The van der Waals surface area contributed by atoms with Crippen molar-refractivity contribution in [2.45, 2.75) is 25.6 Å². The summed E-state index contributed by atoms with van der Waals surface area (Å²) >= 11 is 0. The maximum absolute atomic E-state index is 5.97. The monoisotopic (exact) mass is 328 g/mol. The van der Waals surface area contributed by atoms with Gasteiger partial charge in [-0.15, -0.1) is 24.8 Å². The molecule has 1 atom stereocenters. The highest BCUT2D eigenvalue weighted by atomic mass is 35.5. The third-order valence-electron chi connectivity index (χ3n) is 3.71. The van der Waals surface area contributed by atoms with Gasteiger partial charge in [-0.2, -0.15) is 5.10 Å². The molecule has 0 amide bonds. The second-order valence-corrected chi connectivity index (χ2v) is 5.26. The highest BCUT2D eigenvalue weighted by Gasteiger charge is 2.19.